The number of sulfonamides is 1. The van der Waals surface area contributed by atoms with Crippen molar-refractivity contribution in [2.24, 2.45) is 5.73 Å². The van der Waals surface area contributed by atoms with Crippen LogP contribution in [0.4, 0.5) is 0 Å². The molecule has 0 rings (SSSR count). The summed E-state index contributed by atoms with van der Waals surface area (Å²) in [4.78, 5) is 0. The van der Waals surface area contributed by atoms with E-state index >= 15 is 0 Å². The Morgan fingerprint density at radius 2 is 2.20 bits per heavy atom. The largest absolute Gasteiger partial charge is 0.386 e. The predicted molar refractivity (Wildman–Crippen MR) is 59.4 cm³/mol. The highest BCUT2D eigenvalue weighted by Crippen LogP contribution is 1.99. The number of ether oxygens (including phenoxy) is 1. The van der Waals surface area contributed by atoms with Crippen molar-refractivity contribution in [3.05, 3.63) is 0 Å². The van der Waals surface area contributed by atoms with Gasteiger partial charge in [0.25, 0.3) is 0 Å². The lowest BCUT2D eigenvalue weighted by Gasteiger charge is -2.16. The molecular formula is C8H19N3O3S. The zero-order chi connectivity index (χ0) is 11.9. The summed E-state index contributed by atoms with van der Waals surface area (Å²) in [5.41, 5.74) is 5.28. The van der Waals surface area contributed by atoms with Crippen LogP contribution in [0.5, 0.6) is 0 Å². The van der Waals surface area contributed by atoms with E-state index in [4.69, 9.17) is 11.1 Å². The van der Waals surface area contributed by atoms with Gasteiger partial charge in [-0.15, -0.1) is 0 Å². The Bertz CT molecular complexity index is 290. The van der Waals surface area contributed by atoms with Gasteiger partial charge >= 0.3 is 0 Å². The first-order valence-corrected chi connectivity index (χ1v) is 6.41. The minimum atomic E-state index is -3.41. The van der Waals surface area contributed by atoms with Crippen LogP contribution >= 0.6 is 0 Å². The molecule has 0 saturated heterocycles. The molecule has 0 aliphatic rings. The minimum Gasteiger partial charge on any atom is -0.386 e. The molecule has 4 N–H and O–H groups in total. The van der Waals surface area contributed by atoms with Crippen molar-refractivity contribution in [2.45, 2.75) is 25.8 Å². The molecule has 6 nitrogen and oxygen atoms in total. The molecule has 0 radical (unpaired) electrons. The van der Waals surface area contributed by atoms with E-state index in [1.54, 1.807) is 0 Å². The Labute approximate surface area is 90.7 Å². The first kappa shape index (κ1) is 14.3. The number of hydrogen-bond donors (Lipinski definition) is 3. The maximum Gasteiger partial charge on any atom is 0.214 e. The molecule has 0 bridgehead atoms. The Morgan fingerprint density at radius 3 is 2.60 bits per heavy atom. The molecule has 7 heteroatoms. The maximum absolute atomic E-state index is 11.4. The summed E-state index contributed by atoms with van der Waals surface area (Å²) in [5, 5.41) is 7.23. The minimum absolute atomic E-state index is 0.114. The molecule has 0 spiro atoms. The van der Waals surface area contributed by atoms with Crippen LogP contribution in [0.25, 0.3) is 0 Å². The van der Waals surface area contributed by atoms with Gasteiger partial charge in [-0.3, -0.25) is 5.41 Å². The van der Waals surface area contributed by atoms with Gasteiger partial charge in [-0.05, 0) is 6.42 Å². The van der Waals surface area contributed by atoms with Crippen LogP contribution < -0.4 is 10.5 Å². The topological polar surface area (TPSA) is 105 Å². The molecule has 0 aliphatic carbocycles. The van der Waals surface area contributed by atoms with Gasteiger partial charge in [0.05, 0.1) is 18.4 Å². The molecule has 0 amide bonds. The second-order valence-electron chi connectivity index (χ2n) is 3.23. The highest BCUT2D eigenvalue weighted by molar-refractivity contribution is 7.89. The molecule has 0 saturated carbocycles. The standard InChI is InChI=1S/C8H19N3O3S/c1-3-4-7(8(9)10)11-15(12,13)6-5-14-2/h7,11H,3-6H2,1-2H3,(H3,9,10). The zero-order valence-corrected chi connectivity index (χ0v) is 9.93. The Kier molecular flexibility index (Phi) is 6.46. The Morgan fingerprint density at radius 1 is 1.60 bits per heavy atom. The number of nitrogens with one attached hydrogen (secondary N) is 2. The molecule has 0 aromatic heterocycles. The van der Waals surface area contributed by atoms with Crippen molar-refractivity contribution in [2.75, 3.05) is 19.5 Å². The van der Waals surface area contributed by atoms with Crippen LogP contribution in [0.2, 0.25) is 0 Å². The second-order valence-corrected chi connectivity index (χ2v) is 5.10. The maximum atomic E-state index is 11.4. The highest BCUT2D eigenvalue weighted by atomic mass is 32.2. The van der Waals surface area contributed by atoms with Crippen molar-refractivity contribution in [1.82, 2.24) is 4.72 Å². The summed E-state index contributed by atoms with van der Waals surface area (Å²) in [6.45, 7) is 2.03. The third-order valence-electron chi connectivity index (χ3n) is 1.83. The van der Waals surface area contributed by atoms with Crippen LogP contribution in [-0.4, -0.2) is 39.8 Å². The van der Waals surface area contributed by atoms with Crippen molar-refractivity contribution in [1.29, 1.82) is 5.41 Å². The molecule has 0 heterocycles. The van der Waals surface area contributed by atoms with E-state index in [2.05, 4.69) is 9.46 Å². The third kappa shape index (κ3) is 6.43. The highest BCUT2D eigenvalue weighted by Gasteiger charge is 2.18. The Balaban J connectivity index is 4.32. The van der Waals surface area contributed by atoms with Crippen molar-refractivity contribution in [3.63, 3.8) is 0 Å². The molecule has 1 atom stereocenters. The molecule has 15 heavy (non-hydrogen) atoms. The number of amidine groups is 1. The van der Waals surface area contributed by atoms with E-state index < -0.39 is 16.1 Å². The normalized spacial score (nSPS) is 13.7. The summed E-state index contributed by atoms with van der Waals surface area (Å²) in [6, 6.07) is -0.600. The average Bonchev–Trinajstić information content (AvgIpc) is 2.14. The van der Waals surface area contributed by atoms with Crippen LogP contribution in [0, 0.1) is 5.41 Å². The average molecular weight is 237 g/mol. The SMILES string of the molecule is CCCC(NS(=O)(=O)CCOC)C(=N)N. The molecule has 0 fully saturated rings. The smallest absolute Gasteiger partial charge is 0.214 e. The van der Waals surface area contributed by atoms with Crippen molar-refractivity contribution in [3.8, 4) is 0 Å². The lowest BCUT2D eigenvalue weighted by molar-refractivity contribution is 0.217. The van der Waals surface area contributed by atoms with Gasteiger partial charge in [0.15, 0.2) is 0 Å². The molecule has 0 aromatic rings. The fraction of sp³-hybridized carbons (Fsp3) is 0.875. The lowest BCUT2D eigenvalue weighted by Crippen LogP contribution is -2.45. The summed E-state index contributed by atoms with van der Waals surface area (Å²) in [7, 11) is -1.97. The van der Waals surface area contributed by atoms with E-state index in [0.717, 1.165) is 6.42 Å². The predicted octanol–water partition coefficient (Wildman–Crippen LogP) is -0.343. The van der Waals surface area contributed by atoms with E-state index in [0.29, 0.717) is 6.42 Å². The molecule has 90 valence electrons. The summed E-state index contributed by atoms with van der Waals surface area (Å²) >= 11 is 0. The number of methoxy groups -OCH3 is 1. The fourth-order valence-corrected chi connectivity index (χ4v) is 2.22. The first-order valence-electron chi connectivity index (χ1n) is 4.75. The lowest BCUT2D eigenvalue weighted by atomic mass is 10.2. The van der Waals surface area contributed by atoms with E-state index in [1.165, 1.54) is 7.11 Å². The van der Waals surface area contributed by atoms with Crippen LogP contribution in [0.1, 0.15) is 19.8 Å². The van der Waals surface area contributed by atoms with E-state index in [9.17, 15) is 8.42 Å². The van der Waals surface area contributed by atoms with Gasteiger partial charge in [-0.25, -0.2) is 13.1 Å². The molecule has 0 aliphatic heterocycles. The van der Waals surface area contributed by atoms with Gasteiger partial charge in [-0.2, -0.15) is 0 Å². The van der Waals surface area contributed by atoms with Gasteiger partial charge in [0.1, 0.15) is 5.84 Å². The van der Waals surface area contributed by atoms with Crippen LogP contribution in [0.3, 0.4) is 0 Å². The summed E-state index contributed by atoms with van der Waals surface area (Å²) in [5.74, 6) is -0.269. The zero-order valence-electron chi connectivity index (χ0n) is 9.12. The summed E-state index contributed by atoms with van der Waals surface area (Å²) in [6.07, 6.45) is 1.29. The number of hydrogen-bond acceptors (Lipinski definition) is 4. The summed E-state index contributed by atoms with van der Waals surface area (Å²) < 4.78 is 29.9. The van der Waals surface area contributed by atoms with Crippen LogP contribution in [-0.2, 0) is 14.8 Å². The number of rotatable bonds is 8. The molecular weight excluding hydrogens is 218 g/mol. The monoisotopic (exact) mass is 237 g/mol. The quantitative estimate of drug-likeness (QED) is 0.396. The van der Waals surface area contributed by atoms with Gasteiger partial charge < -0.3 is 10.5 Å². The molecule has 0 aromatic carbocycles. The molecule has 1 unspecified atom stereocenters. The van der Waals surface area contributed by atoms with E-state index in [1.807, 2.05) is 6.92 Å². The number of nitrogens with two attached hydrogens (primary N) is 1. The van der Waals surface area contributed by atoms with Crippen molar-refractivity contribution < 1.29 is 13.2 Å². The van der Waals surface area contributed by atoms with Crippen molar-refractivity contribution >= 4 is 15.9 Å². The third-order valence-corrected chi connectivity index (χ3v) is 3.18. The van der Waals surface area contributed by atoms with Crippen LogP contribution in [0.15, 0.2) is 0 Å². The fourth-order valence-electron chi connectivity index (χ4n) is 1.04. The Hall–Kier alpha value is -0.660. The first-order chi connectivity index (χ1) is 6.93. The second kappa shape index (κ2) is 6.76. The van der Waals surface area contributed by atoms with Gasteiger partial charge in [0.2, 0.25) is 10.0 Å². The van der Waals surface area contributed by atoms with E-state index in [-0.39, 0.29) is 18.2 Å². The van der Waals surface area contributed by atoms with Gasteiger partial charge in [-0.1, -0.05) is 13.3 Å². The van der Waals surface area contributed by atoms with Gasteiger partial charge in [0, 0.05) is 7.11 Å².